The zero-order chi connectivity index (χ0) is 21.3. The largest absolute Gasteiger partial charge is 0.460 e. The SMILES string of the molecule is CCc1oc2cc(OC(C)=O)ccc2c1C(=O)c1cc(Br)c(OC(C)=O)c(Br)c1. The van der Waals surface area contributed by atoms with Gasteiger partial charge in [-0.25, -0.2) is 0 Å². The molecule has 0 saturated carbocycles. The van der Waals surface area contributed by atoms with Crippen molar-refractivity contribution in [3.63, 3.8) is 0 Å². The fraction of sp³-hybridized carbons (Fsp3) is 0.190. The molecule has 6 nitrogen and oxygen atoms in total. The van der Waals surface area contributed by atoms with Crippen LogP contribution in [0.25, 0.3) is 11.0 Å². The standard InChI is InChI=1S/C21H16Br2O6/c1-4-17-19(14-6-5-13(27-10(2)24)9-18(14)29-17)20(26)12-7-15(22)21(16(23)8-12)28-11(3)25/h5-9H,4H2,1-3H3. The molecular formula is C21H16Br2O6. The van der Waals surface area contributed by atoms with Crippen LogP contribution < -0.4 is 9.47 Å². The lowest BCUT2D eigenvalue weighted by molar-refractivity contribution is -0.132. The number of halogens is 2. The van der Waals surface area contributed by atoms with E-state index < -0.39 is 11.9 Å². The highest BCUT2D eigenvalue weighted by atomic mass is 79.9. The summed E-state index contributed by atoms with van der Waals surface area (Å²) in [6.07, 6.45) is 0.506. The highest BCUT2D eigenvalue weighted by molar-refractivity contribution is 9.11. The van der Waals surface area contributed by atoms with Crippen LogP contribution in [0.1, 0.15) is 42.5 Å². The normalized spacial score (nSPS) is 10.8. The van der Waals surface area contributed by atoms with E-state index in [1.165, 1.54) is 13.8 Å². The second-order valence-electron chi connectivity index (χ2n) is 6.20. The first-order valence-corrected chi connectivity index (χ1v) is 10.3. The van der Waals surface area contributed by atoms with Gasteiger partial charge in [0.2, 0.25) is 0 Å². The maximum Gasteiger partial charge on any atom is 0.308 e. The van der Waals surface area contributed by atoms with Gasteiger partial charge in [-0.1, -0.05) is 6.92 Å². The van der Waals surface area contributed by atoms with Crippen molar-refractivity contribution in [2.24, 2.45) is 0 Å². The molecule has 0 saturated heterocycles. The Morgan fingerprint density at radius 1 is 0.966 bits per heavy atom. The molecule has 0 aliphatic rings. The minimum Gasteiger partial charge on any atom is -0.460 e. The van der Waals surface area contributed by atoms with Crippen molar-refractivity contribution >= 4 is 60.6 Å². The van der Waals surface area contributed by atoms with E-state index in [0.717, 1.165) is 0 Å². The Labute approximate surface area is 183 Å². The Morgan fingerprint density at radius 2 is 1.59 bits per heavy atom. The zero-order valence-electron chi connectivity index (χ0n) is 15.8. The van der Waals surface area contributed by atoms with Crippen LogP contribution in [0.15, 0.2) is 43.7 Å². The minimum atomic E-state index is -0.469. The number of ketones is 1. The summed E-state index contributed by atoms with van der Waals surface area (Å²) in [4.78, 5) is 35.8. The number of ether oxygens (including phenoxy) is 2. The molecule has 8 heteroatoms. The molecule has 150 valence electrons. The summed E-state index contributed by atoms with van der Waals surface area (Å²) in [6, 6.07) is 8.09. The van der Waals surface area contributed by atoms with Gasteiger partial charge in [-0.15, -0.1) is 0 Å². The maximum absolute atomic E-state index is 13.3. The Kier molecular flexibility index (Phi) is 6.24. The van der Waals surface area contributed by atoms with E-state index in [0.29, 0.717) is 54.7 Å². The molecule has 0 aliphatic heterocycles. The number of aryl methyl sites for hydroxylation is 1. The van der Waals surface area contributed by atoms with Gasteiger partial charge < -0.3 is 13.9 Å². The molecule has 0 bridgehead atoms. The molecule has 1 heterocycles. The van der Waals surface area contributed by atoms with E-state index in [-0.39, 0.29) is 5.78 Å². The molecule has 3 rings (SSSR count). The van der Waals surface area contributed by atoms with Gasteiger partial charge in [0.15, 0.2) is 11.5 Å². The molecule has 0 atom stereocenters. The summed E-state index contributed by atoms with van der Waals surface area (Å²) in [5.74, 6) is 0.0241. The van der Waals surface area contributed by atoms with Crippen LogP contribution in [-0.2, 0) is 16.0 Å². The molecule has 3 aromatic rings. The van der Waals surface area contributed by atoms with E-state index >= 15 is 0 Å². The number of carbonyl (C=O) groups is 3. The van der Waals surface area contributed by atoms with Gasteiger partial charge in [0.25, 0.3) is 0 Å². The summed E-state index contributed by atoms with van der Waals surface area (Å²) >= 11 is 6.69. The van der Waals surface area contributed by atoms with E-state index in [2.05, 4.69) is 31.9 Å². The third-order valence-corrected chi connectivity index (χ3v) is 5.23. The predicted octanol–water partition coefficient (Wildman–Crippen LogP) is 5.60. The molecule has 0 amide bonds. The highest BCUT2D eigenvalue weighted by Gasteiger charge is 2.23. The Bertz CT molecular complexity index is 1120. The topological polar surface area (TPSA) is 82.8 Å². The van der Waals surface area contributed by atoms with E-state index in [9.17, 15) is 14.4 Å². The lowest BCUT2D eigenvalue weighted by atomic mass is 9.99. The molecule has 0 N–H and O–H groups in total. The second kappa shape index (κ2) is 8.51. The van der Waals surface area contributed by atoms with Gasteiger partial charge >= 0.3 is 11.9 Å². The minimum absolute atomic E-state index is 0.239. The summed E-state index contributed by atoms with van der Waals surface area (Å²) in [6.45, 7) is 4.50. The number of furan rings is 1. The van der Waals surface area contributed by atoms with Crippen molar-refractivity contribution in [1.29, 1.82) is 0 Å². The lowest BCUT2D eigenvalue weighted by Crippen LogP contribution is -2.06. The summed E-state index contributed by atoms with van der Waals surface area (Å²) in [5, 5.41) is 0.624. The Hall–Kier alpha value is -2.45. The fourth-order valence-electron chi connectivity index (χ4n) is 2.93. The predicted molar refractivity (Wildman–Crippen MR) is 113 cm³/mol. The lowest BCUT2D eigenvalue weighted by Gasteiger charge is -2.09. The Morgan fingerprint density at radius 3 is 2.14 bits per heavy atom. The van der Waals surface area contributed by atoms with Crippen LogP contribution in [-0.4, -0.2) is 17.7 Å². The average Bonchev–Trinajstić information content (AvgIpc) is 3.01. The average molecular weight is 524 g/mol. The number of hydrogen-bond donors (Lipinski definition) is 0. The van der Waals surface area contributed by atoms with E-state index in [4.69, 9.17) is 13.9 Å². The third kappa shape index (κ3) is 4.43. The summed E-state index contributed by atoms with van der Waals surface area (Å²) in [7, 11) is 0. The number of carbonyl (C=O) groups excluding carboxylic acids is 3. The van der Waals surface area contributed by atoms with Crippen LogP contribution >= 0.6 is 31.9 Å². The molecule has 29 heavy (non-hydrogen) atoms. The number of esters is 2. The zero-order valence-corrected chi connectivity index (χ0v) is 19.0. The van der Waals surface area contributed by atoms with Crippen LogP contribution in [0.4, 0.5) is 0 Å². The fourth-order valence-corrected chi connectivity index (χ4v) is 4.28. The van der Waals surface area contributed by atoms with Crippen LogP contribution in [0.2, 0.25) is 0 Å². The van der Waals surface area contributed by atoms with Gasteiger partial charge in [0.1, 0.15) is 17.1 Å². The van der Waals surface area contributed by atoms with Crippen molar-refractivity contribution in [1.82, 2.24) is 0 Å². The molecule has 0 radical (unpaired) electrons. The van der Waals surface area contributed by atoms with Crippen molar-refractivity contribution in [2.45, 2.75) is 27.2 Å². The molecular weight excluding hydrogens is 508 g/mol. The van der Waals surface area contributed by atoms with Gasteiger partial charge in [-0.2, -0.15) is 0 Å². The number of fused-ring (bicyclic) bond motifs is 1. The first kappa shape index (κ1) is 21.3. The molecule has 0 aliphatic carbocycles. The van der Waals surface area contributed by atoms with Gasteiger partial charge in [0.05, 0.1) is 14.5 Å². The maximum atomic E-state index is 13.3. The van der Waals surface area contributed by atoms with E-state index in [1.54, 1.807) is 30.3 Å². The van der Waals surface area contributed by atoms with Crippen molar-refractivity contribution < 1.29 is 28.3 Å². The van der Waals surface area contributed by atoms with Gasteiger partial charge in [-0.3, -0.25) is 14.4 Å². The number of hydrogen-bond acceptors (Lipinski definition) is 6. The van der Waals surface area contributed by atoms with Gasteiger partial charge in [0, 0.05) is 37.3 Å². The molecule has 1 aromatic heterocycles. The summed E-state index contributed by atoms with van der Waals surface area (Å²) in [5.41, 5.74) is 1.29. The van der Waals surface area contributed by atoms with Crippen molar-refractivity contribution in [3.05, 3.63) is 56.2 Å². The van der Waals surface area contributed by atoms with Crippen LogP contribution in [0.5, 0.6) is 11.5 Å². The van der Waals surface area contributed by atoms with Gasteiger partial charge in [-0.05, 0) is 56.1 Å². The van der Waals surface area contributed by atoms with E-state index in [1.807, 2.05) is 6.92 Å². The monoisotopic (exact) mass is 522 g/mol. The van der Waals surface area contributed by atoms with Crippen molar-refractivity contribution in [2.75, 3.05) is 0 Å². The molecule has 0 unspecified atom stereocenters. The molecule has 0 fully saturated rings. The number of benzene rings is 2. The first-order chi connectivity index (χ1) is 13.7. The molecule has 0 spiro atoms. The van der Waals surface area contributed by atoms with Crippen LogP contribution in [0.3, 0.4) is 0 Å². The molecule has 2 aromatic carbocycles. The first-order valence-electron chi connectivity index (χ1n) is 8.67. The summed E-state index contributed by atoms with van der Waals surface area (Å²) < 4.78 is 17.0. The quantitative estimate of drug-likeness (QED) is 0.246. The smallest absolute Gasteiger partial charge is 0.308 e. The van der Waals surface area contributed by atoms with Crippen molar-refractivity contribution in [3.8, 4) is 11.5 Å². The highest BCUT2D eigenvalue weighted by Crippen LogP contribution is 2.37. The Balaban J connectivity index is 2.09. The second-order valence-corrected chi connectivity index (χ2v) is 7.91. The van der Waals surface area contributed by atoms with Crippen LogP contribution in [0, 0.1) is 0 Å². The third-order valence-electron chi connectivity index (χ3n) is 4.05. The number of rotatable bonds is 5.